The standard InChI is InChI=1S/C22H25F3N2O3/c1-3-13-27(14-19(28)26-17-11-10-16(23)21(24)22(17)25)20(29)12-9-15-7-5-6-8-18(15)30-4-2/h5-8,10-11H,3-4,9,12-14H2,1-2H3,(H,26,28). The Morgan fingerprint density at radius 2 is 1.77 bits per heavy atom. The number of nitrogens with one attached hydrogen (secondary N) is 1. The van der Waals surface area contributed by atoms with Gasteiger partial charge in [-0.05, 0) is 43.5 Å². The average Bonchev–Trinajstić information content (AvgIpc) is 2.73. The third-order valence-corrected chi connectivity index (χ3v) is 4.37. The van der Waals surface area contributed by atoms with Crippen LogP contribution in [-0.2, 0) is 16.0 Å². The summed E-state index contributed by atoms with van der Waals surface area (Å²) in [5.74, 6) is -4.73. The Balaban J connectivity index is 2.00. The van der Waals surface area contributed by atoms with Crippen molar-refractivity contribution >= 4 is 17.5 Å². The predicted molar refractivity (Wildman–Crippen MR) is 108 cm³/mol. The summed E-state index contributed by atoms with van der Waals surface area (Å²) < 4.78 is 45.7. The smallest absolute Gasteiger partial charge is 0.244 e. The van der Waals surface area contributed by atoms with Crippen molar-refractivity contribution in [2.45, 2.75) is 33.1 Å². The Labute approximate surface area is 173 Å². The first kappa shape index (κ1) is 23.3. The van der Waals surface area contributed by atoms with Gasteiger partial charge in [-0.2, -0.15) is 0 Å². The van der Waals surface area contributed by atoms with Gasteiger partial charge in [0.15, 0.2) is 17.5 Å². The third kappa shape index (κ3) is 6.23. The van der Waals surface area contributed by atoms with Gasteiger partial charge in [0.1, 0.15) is 5.75 Å². The number of para-hydroxylation sites is 1. The second kappa shape index (κ2) is 11.2. The Bertz CT molecular complexity index is 890. The molecule has 2 aromatic rings. The number of hydrogen-bond donors (Lipinski definition) is 1. The monoisotopic (exact) mass is 422 g/mol. The molecule has 0 aliphatic heterocycles. The number of aryl methyl sites for hydroxylation is 1. The molecule has 1 N–H and O–H groups in total. The molecular weight excluding hydrogens is 397 g/mol. The summed E-state index contributed by atoms with van der Waals surface area (Å²) in [6, 6.07) is 9.07. The van der Waals surface area contributed by atoms with Crippen LogP contribution in [-0.4, -0.2) is 36.4 Å². The second-order valence-electron chi connectivity index (χ2n) is 6.63. The van der Waals surface area contributed by atoms with Crippen molar-refractivity contribution < 1.29 is 27.5 Å². The number of carbonyl (C=O) groups excluding carboxylic acids is 2. The fraction of sp³-hybridized carbons (Fsp3) is 0.364. The first-order chi connectivity index (χ1) is 14.4. The molecule has 0 aromatic heterocycles. The van der Waals surface area contributed by atoms with Gasteiger partial charge in [0.25, 0.3) is 0 Å². The van der Waals surface area contributed by atoms with Crippen molar-refractivity contribution in [2.24, 2.45) is 0 Å². The molecule has 0 bridgehead atoms. The Hall–Kier alpha value is -3.03. The summed E-state index contributed by atoms with van der Waals surface area (Å²) in [7, 11) is 0. The number of carbonyl (C=O) groups is 2. The van der Waals surface area contributed by atoms with Crippen molar-refractivity contribution in [1.82, 2.24) is 4.90 Å². The minimum atomic E-state index is -1.66. The first-order valence-electron chi connectivity index (χ1n) is 9.79. The van der Waals surface area contributed by atoms with E-state index in [-0.39, 0.29) is 18.9 Å². The minimum Gasteiger partial charge on any atom is -0.494 e. The number of rotatable bonds is 10. The molecule has 0 atom stereocenters. The normalized spacial score (nSPS) is 10.6. The zero-order chi connectivity index (χ0) is 22.1. The molecule has 0 saturated heterocycles. The highest BCUT2D eigenvalue weighted by Gasteiger charge is 2.20. The van der Waals surface area contributed by atoms with E-state index in [0.717, 1.165) is 17.7 Å². The number of hydrogen-bond acceptors (Lipinski definition) is 3. The van der Waals surface area contributed by atoms with Crippen LogP contribution in [0, 0.1) is 17.5 Å². The second-order valence-corrected chi connectivity index (χ2v) is 6.63. The summed E-state index contributed by atoms with van der Waals surface area (Å²) in [4.78, 5) is 26.3. The molecule has 8 heteroatoms. The van der Waals surface area contributed by atoms with Gasteiger partial charge < -0.3 is 15.0 Å². The van der Waals surface area contributed by atoms with E-state index in [4.69, 9.17) is 4.74 Å². The summed E-state index contributed by atoms with van der Waals surface area (Å²) in [6.45, 7) is 4.25. The molecule has 0 unspecified atom stereocenters. The summed E-state index contributed by atoms with van der Waals surface area (Å²) in [5, 5.41) is 2.19. The van der Waals surface area contributed by atoms with Crippen LogP contribution >= 0.6 is 0 Å². The number of amides is 2. The molecule has 0 aliphatic rings. The largest absolute Gasteiger partial charge is 0.494 e. The summed E-state index contributed by atoms with van der Waals surface area (Å²) in [5.41, 5.74) is 0.408. The van der Waals surface area contributed by atoms with Crippen molar-refractivity contribution in [3.05, 3.63) is 59.4 Å². The van der Waals surface area contributed by atoms with Crippen molar-refractivity contribution in [2.75, 3.05) is 25.0 Å². The number of anilines is 1. The lowest BCUT2D eigenvalue weighted by Crippen LogP contribution is -2.38. The maximum Gasteiger partial charge on any atom is 0.244 e. The molecule has 0 fully saturated rings. The summed E-state index contributed by atoms with van der Waals surface area (Å²) >= 11 is 0. The van der Waals surface area contributed by atoms with Crippen molar-refractivity contribution in [1.29, 1.82) is 0 Å². The van der Waals surface area contributed by atoms with Crippen LogP contribution < -0.4 is 10.1 Å². The molecule has 0 saturated carbocycles. The van der Waals surface area contributed by atoms with Crippen LogP contribution in [0.4, 0.5) is 18.9 Å². The molecule has 2 amide bonds. The maximum absolute atomic E-state index is 13.8. The highest BCUT2D eigenvalue weighted by Crippen LogP contribution is 2.21. The number of benzene rings is 2. The highest BCUT2D eigenvalue weighted by atomic mass is 19.2. The molecule has 0 radical (unpaired) electrons. The average molecular weight is 422 g/mol. The van der Waals surface area contributed by atoms with E-state index < -0.39 is 29.0 Å². The van der Waals surface area contributed by atoms with Gasteiger partial charge >= 0.3 is 0 Å². The molecule has 0 spiro atoms. The van der Waals surface area contributed by atoms with E-state index in [1.165, 1.54) is 4.90 Å². The molecular formula is C22H25F3N2O3. The molecule has 2 aromatic carbocycles. The van der Waals surface area contributed by atoms with E-state index in [1.807, 2.05) is 38.1 Å². The predicted octanol–water partition coefficient (Wildman–Crippen LogP) is 4.31. The molecule has 162 valence electrons. The lowest BCUT2D eigenvalue weighted by Gasteiger charge is -2.22. The number of ether oxygens (including phenoxy) is 1. The Morgan fingerprint density at radius 1 is 1.03 bits per heavy atom. The van der Waals surface area contributed by atoms with Gasteiger partial charge in [0.2, 0.25) is 11.8 Å². The number of halogens is 3. The van der Waals surface area contributed by atoms with Crippen LogP contribution in [0.5, 0.6) is 5.75 Å². The fourth-order valence-corrected chi connectivity index (χ4v) is 2.95. The van der Waals surface area contributed by atoms with Crippen LogP contribution in [0.25, 0.3) is 0 Å². The molecule has 30 heavy (non-hydrogen) atoms. The van der Waals surface area contributed by atoms with Crippen LogP contribution in [0.2, 0.25) is 0 Å². The molecule has 0 aliphatic carbocycles. The van der Waals surface area contributed by atoms with Gasteiger partial charge in [-0.15, -0.1) is 0 Å². The molecule has 0 heterocycles. The maximum atomic E-state index is 13.8. The minimum absolute atomic E-state index is 0.164. The lowest BCUT2D eigenvalue weighted by atomic mass is 10.1. The molecule has 2 rings (SSSR count). The van der Waals surface area contributed by atoms with E-state index in [9.17, 15) is 22.8 Å². The Morgan fingerprint density at radius 3 is 2.47 bits per heavy atom. The van der Waals surface area contributed by atoms with Gasteiger partial charge in [0, 0.05) is 13.0 Å². The molecule has 5 nitrogen and oxygen atoms in total. The highest BCUT2D eigenvalue weighted by molar-refractivity contribution is 5.94. The topological polar surface area (TPSA) is 58.6 Å². The summed E-state index contributed by atoms with van der Waals surface area (Å²) in [6.07, 6.45) is 1.22. The van der Waals surface area contributed by atoms with Crippen molar-refractivity contribution in [3.63, 3.8) is 0 Å². The van der Waals surface area contributed by atoms with E-state index >= 15 is 0 Å². The SMILES string of the molecule is CCCN(CC(=O)Nc1ccc(F)c(F)c1F)C(=O)CCc1ccccc1OCC. The zero-order valence-corrected chi connectivity index (χ0v) is 17.0. The van der Waals surface area contributed by atoms with Crippen LogP contribution in [0.1, 0.15) is 32.3 Å². The van der Waals surface area contributed by atoms with Gasteiger partial charge in [-0.25, -0.2) is 13.2 Å². The van der Waals surface area contributed by atoms with E-state index in [1.54, 1.807) is 0 Å². The van der Waals surface area contributed by atoms with Crippen LogP contribution in [0.15, 0.2) is 36.4 Å². The van der Waals surface area contributed by atoms with E-state index in [2.05, 4.69) is 5.32 Å². The quantitative estimate of drug-likeness (QED) is 0.581. The van der Waals surface area contributed by atoms with E-state index in [0.29, 0.717) is 31.7 Å². The number of nitrogens with zero attached hydrogens (tertiary/aromatic N) is 1. The van der Waals surface area contributed by atoms with Crippen molar-refractivity contribution in [3.8, 4) is 5.75 Å². The van der Waals surface area contributed by atoms with Gasteiger partial charge in [-0.1, -0.05) is 25.1 Å². The third-order valence-electron chi connectivity index (χ3n) is 4.37. The zero-order valence-electron chi connectivity index (χ0n) is 17.0. The first-order valence-corrected chi connectivity index (χ1v) is 9.79. The fourth-order valence-electron chi connectivity index (χ4n) is 2.95. The Kier molecular flexibility index (Phi) is 8.70. The lowest BCUT2D eigenvalue weighted by molar-refractivity contribution is -0.134. The van der Waals surface area contributed by atoms with Gasteiger partial charge in [-0.3, -0.25) is 9.59 Å². The van der Waals surface area contributed by atoms with Gasteiger partial charge in [0.05, 0.1) is 18.8 Å². The van der Waals surface area contributed by atoms with Crippen LogP contribution in [0.3, 0.4) is 0 Å².